The molecule has 3 rings (SSSR count). The van der Waals surface area contributed by atoms with E-state index >= 15 is 0 Å². The lowest BCUT2D eigenvalue weighted by Gasteiger charge is -2.06. The van der Waals surface area contributed by atoms with E-state index in [2.05, 4.69) is 15.0 Å². The molecule has 4 nitrogen and oxygen atoms in total. The summed E-state index contributed by atoms with van der Waals surface area (Å²) >= 11 is 1.97. The maximum Gasteiger partial charge on any atom is 0.417 e. The zero-order valence-electron chi connectivity index (χ0n) is 10.7. The quantitative estimate of drug-likeness (QED) is 0.581. The van der Waals surface area contributed by atoms with Crippen molar-refractivity contribution in [3.63, 3.8) is 0 Å². The Bertz CT molecular complexity index is 826. The highest BCUT2D eigenvalue weighted by Crippen LogP contribution is 2.31. The second-order valence-electron chi connectivity index (χ2n) is 4.44. The first-order valence-corrected chi connectivity index (χ1v) is 6.98. The van der Waals surface area contributed by atoms with E-state index in [0.29, 0.717) is 20.7 Å². The second-order valence-corrected chi connectivity index (χ2v) is 5.46. The van der Waals surface area contributed by atoms with Crippen molar-refractivity contribution in [2.45, 2.75) is 13.1 Å². The summed E-state index contributed by atoms with van der Waals surface area (Å²) in [6.45, 7) is 1.82. The monoisotopic (exact) mass is 404 g/mol. The highest BCUT2D eigenvalue weighted by Gasteiger charge is 2.31. The molecular weight excluding hydrogens is 396 g/mol. The van der Waals surface area contributed by atoms with Crippen molar-refractivity contribution < 1.29 is 13.2 Å². The molecule has 0 aliphatic carbocycles. The number of rotatable bonds is 1. The third-order valence-corrected chi connectivity index (χ3v) is 3.96. The van der Waals surface area contributed by atoms with Crippen LogP contribution in [0.3, 0.4) is 0 Å². The Balaban J connectivity index is 2.21. The average molecular weight is 404 g/mol. The average Bonchev–Trinajstić information content (AvgIpc) is 2.75. The maximum atomic E-state index is 12.8. The Labute approximate surface area is 131 Å². The lowest BCUT2D eigenvalue weighted by molar-refractivity contribution is -0.137. The van der Waals surface area contributed by atoms with Crippen LogP contribution in [0.15, 0.2) is 30.7 Å². The topological polar surface area (TPSA) is 43.1 Å². The molecule has 3 heterocycles. The maximum absolute atomic E-state index is 12.8. The van der Waals surface area contributed by atoms with Gasteiger partial charge in [-0.15, -0.1) is 0 Å². The van der Waals surface area contributed by atoms with Crippen molar-refractivity contribution in [3.8, 4) is 11.4 Å². The highest BCUT2D eigenvalue weighted by atomic mass is 127. The fraction of sp³-hybridized carbons (Fsp3) is 0.154. The van der Waals surface area contributed by atoms with E-state index in [1.54, 1.807) is 6.07 Å². The zero-order valence-corrected chi connectivity index (χ0v) is 12.8. The molecule has 0 spiro atoms. The minimum atomic E-state index is -4.38. The van der Waals surface area contributed by atoms with E-state index in [0.717, 1.165) is 18.0 Å². The van der Waals surface area contributed by atoms with E-state index in [1.165, 1.54) is 16.8 Å². The van der Waals surface area contributed by atoms with E-state index < -0.39 is 11.7 Å². The van der Waals surface area contributed by atoms with Gasteiger partial charge in [-0.3, -0.25) is 4.40 Å². The summed E-state index contributed by atoms with van der Waals surface area (Å²) in [5.41, 5.74) is 1.63. The molecule has 0 saturated heterocycles. The number of aryl methyl sites for hydroxylation is 1. The van der Waals surface area contributed by atoms with Crippen molar-refractivity contribution in [2.24, 2.45) is 0 Å². The Morgan fingerprint density at radius 2 is 1.95 bits per heavy atom. The highest BCUT2D eigenvalue weighted by molar-refractivity contribution is 14.1. The van der Waals surface area contributed by atoms with Crippen LogP contribution in [-0.4, -0.2) is 19.4 Å². The summed E-state index contributed by atoms with van der Waals surface area (Å²) in [6.07, 6.45) is -1.93. The van der Waals surface area contributed by atoms with Crippen molar-refractivity contribution in [1.82, 2.24) is 19.4 Å². The van der Waals surface area contributed by atoms with E-state index in [1.807, 2.05) is 29.5 Å². The van der Waals surface area contributed by atoms with Gasteiger partial charge in [0.1, 0.15) is 21.4 Å². The standard InChI is InChI=1S/C13H8F3IN4/c1-7-4-9(19-6-18-7)11-12(17)21-5-8(13(14,15)16)2-3-10(21)20-11/h2-6H,1H3. The Hall–Kier alpha value is -1.71. The van der Waals surface area contributed by atoms with Crippen molar-refractivity contribution in [1.29, 1.82) is 0 Å². The molecule has 0 amide bonds. The molecule has 0 aliphatic rings. The van der Waals surface area contributed by atoms with Crippen LogP contribution in [0.2, 0.25) is 0 Å². The summed E-state index contributed by atoms with van der Waals surface area (Å²) in [4.78, 5) is 12.5. The van der Waals surface area contributed by atoms with E-state index in [-0.39, 0.29) is 0 Å². The van der Waals surface area contributed by atoms with Gasteiger partial charge in [0.2, 0.25) is 0 Å². The van der Waals surface area contributed by atoms with E-state index in [9.17, 15) is 13.2 Å². The number of aromatic nitrogens is 4. The Kier molecular flexibility index (Phi) is 3.34. The molecule has 108 valence electrons. The lowest BCUT2D eigenvalue weighted by atomic mass is 10.3. The van der Waals surface area contributed by atoms with Gasteiger partial charge in [0.25, 0.3) is 0 Å². The first-order valence-electron chi connectivity index (χ1n) is 5.90. The van der Waals surface area contributed by atoms with Gasteiger partial charge in [-0.25, -0.2) is 15.0 Å². The molecule has 0 aliphatic heterocycles. The molecule has 21 heavy (non-hydrogen) atoms. The lowest BCUT2D eigenvalue weighted by Crippen LogP contribution is -2.06. The van der Waals surface area contributed by atoms with E-state index in [4.69, 9.17) is 0 Å². The fourth-order valence-corrected chi connectivity index (χ4v) is 2.71. The van der Waals surface area contributed by atoms with Crippen molar-refractivity contribution in [2.75, 3.05) is 0 Å². The molecular formula is C13H8F3IN4. The largest absolute Gasteiger partial charge is 0.417 e. The van der Waals surface area contributed by atoms with Crippen LogP contribution in [0.5, 0.6) is 0 Å². The predicted molar refractivity (Wildman–Crippen MR) is 78.7 cm³/mol. The minimum absolute atomic E-state index is 0.443. The number of alkyl halides is 3. The summed E-state index contributed by atoms with van der Waals surface area (Å²) in [5, 5.41) is 0. The Morgan fingerprint density at radius 1 is 1.19 bits per heavy atom. The van der Waals surface area contributed by atoms with Gasteiger partial charge in [-0.2, -0.15) is 13.2 Å². The molecule has 8 heteroatoms. The minimum Gasteiger partial charge on any atom is -0.294 e. The number of hydrogen-bond donors (Lipinski definition) is 0. The van der Waals surface area contributed by atoms with Crippen LogP contribution < -0.4 is 0 Å². The van der Waals surface area contributed by atoms with Crippen LogP contribution in [0.1, 0.15) is 11.3 Å². The molecule has 3 aromatic rings. The SMILES string of the molecule is Cc1cc(-c2nc3ccc(C(F)(F)F)cn3c2I)ncn1. The molecule has 0 radical (unpaired) electrons. The number of pyridine rings is 1. The van der Waals surface area contributed by atoms with Gasteiger partial charge in [0.15, 0.2) is 0 Å². The first kappa shape index (κ1) is 14.2. The zero-order chi connectivity index (χ0) is 15.2. The molecule has 0 N–H and O–H groups in total. The van der Waals surface area contributed by atoms with Crippen molar-refractivity contribution in [3.05, 3.63) is 45.7 Å². The van der Waals surface area contributed by atoms with Crippen LogP contribution in [-0.2, 0) is 6.18 Å². The summed E-state index contributed by atoms with van der Waals surface area (Å²) in [5.74, 6) is 0. The van der Waals surface area contributed by atoms with Gasteiger partial charge in [0, 0.05) is 11.9 Å². The van der Waals surface area contributed by atoms with Crippen LogP contribution in [0, 0.1) is 10.6 Å². The third-order valence-electron chi connectivity index (χ3n) is 2.93. The Morgan fingerprint density at radius 3 is 2.62 bits per heavy atom. The molecule has 0 bridgehead atoms. The smallest absolute Gasteiger partial charge is 0.294 e. The number of halogens is 4. The normalized spacial score (nSPS) is 12.0. The second kappa shape index (κ2) is 4.93. The summed E-state index contributed by atoms with van der Waals surface area (Å²) in [7, 11) is 0. The molecule has 0 unspecified atom stereocenters. The number of fused-ring (bicyclic) bond motifs is 1. The van der Waals surface area contributed by atoms with Gasteiger partial charge < -0.3 is 0 Å². The van der Waals surface area contributed by atoms with Gasteiger partial charge in [0.05, 0.1) is 11.3 Å². The fourth-order valence-electron chi connectivity index (χ4n) is 1.93. The molecule has 0 fully saturated rings. The predicted octanol–water partition coefficient (Wildman–Crippen LogP) is 3.72. The van der Waals surface area contributed by atoms with Crippen LogP contribution in [0.25, 0.3) is 17.0 Å². The van der Waals surface area contributed by atoms with Crippen LogP contribution in [0.4, 0.5) is 13.2 Å². The van der Waals surface area contributed by atoms with Gasteiger partial charge >= 0.3 is 6.18 Å². The number of imidazole rings is 1. The summed E-state index contributed by atoms with van der Waals surface area (Å²) in [6, 6.07) is 4.12. The van der Waals surface area contributed by atoms with Gasteiger partial charge in [-0.05, 0) is 47.7 Å². The van der Waals surface area contributed by atoms with Crippen LogP contribution >= 0.6 is 22.6 Å². The molecule has 0 atom stereocenters. The first-order chi connectivity index (χ1) is 9.86. The summed E-state index contributed by atoms with van der Waals surface area (Å²) < 4.78 is 40.3. The third kappa shape index (κ3) is 2.59. The molecule has 0 saturated carbocycles. The number of nitrogens with zero attached hydrogens (tertiary/aromatic N) is 4. The van der Waals surface area contributed by atoms with Gasteiger partial charge in [-0.1, -0.05) is 0 Å². The molecule has 3 aromatic heterocycles. The number of hydrogen-bond acceptors (Lipinski definition) is 3. The van der Waals surface area contributed by atoms with Crippen molar-refractivity contribution >= 4 is 28.2 Å². The molecule has 0 aromatic carbocycles.